The number of alkyl halides is 2. The molecule has 0 aromatic heterocycles. The van der Waals surface area contributed by atoms with Crippen LogP contribution < -0.4 is 9.47 Å². The summed E-state index contributed by atoms with van der Waals surface area (Å²) in [6, 6.07) is 15.8. The van der Waals surface area contributed by atoms with Gasteiger partial charge in [0.2, 0.25) is 0 Å². The summed E-state index contributed by atoms with van der Waals surface area (Å²) in [7, 11) is 3.23. The first-order chi connectivity index (χ1) is 17.6. The SMILES string of the molecule is COc1ccc(CN2CCC(F)(F)CC2)c(OC)c1-c1cccc2c(CC(C(=O)O)C(C)C)cccc12. The minimum atomic E-state index is -2.60. The molecule has 4 rings (SSSR count). The average Bonchev–Trinajstić information content (AvgIpc) is 2.87. The van der Waals surface area contributed by atoms with Crippen LogP contribution in [0, 0.1) is 11.8 Å². The molecule has 5 nitrogen and oxygen atoms in total. The normalized spacial score (nSPS) is 16.6. The Morgan fingerprint density at radius 2 is 1.65 bits per heavy atom. The van der Waals surface area contributed by atoms with Crippen molar-refractivity contribution in [3.8, 4) is 22.6 Å². The second-order valence-corrected chi connectivity index (χ2v) is 10.2. The first-order valence-electron chi connectivity index (χ1n) is 12.7. The second-order valence-electron chi connectivity index (χ2n) is 10.2. The number of fused-ring (bicyclic) bond motifs is 1. The lowest BCUT2D eigenvalue weighted by atomic mass is 9.86. The summed E-state index contributed by atoms with van der Waals surface area (Å²) in [6.45, 7) is 5.02. The summed E-state index contributed by atoms with van der Waals surface area (Å²) in [5, 5.41) is 11.7. The Bertz CT molecular complexity index is 1260. The molecule has 1 saturated heterocycles. The van der Waals surface area contributed by atoms with Gasteiger partial charge in [-0.25, -0.2) is 8.78 Å². The number of carboxylic acids is 1. The van der Waals surface area contributed by atoms with Crippen LogP contribution in [0.2, 0.25) is 0 Å². The average molecular weight is 512 g/mol. The fourth-order valence-corrected chi connectivity index (χ4v) is 5.29. The minimum absolute atomic E-state index is 0.00236. The van der Waals surface area contributed by atoms with E-state index in [0.717, 1.165) is 33.0 Å². The summed E-state index contributed by atoms with van der Waals surface area (Å²) >= 11 is 0. The molecule has 1 aliphatic heterocycles. The molecule has 1 unspecified atom stereocenters. The highest BCUT2D eigenvalue weighted by Gasteiger charge is 2.34. The fraction of sp³-hybridized carbons (Fsp3) is 0.433. The molecule has 0 saturated carbocycles. The number of hydrogen-bond donors (Lipinski definition) is 1. The number of aliphatic carboxylic acids is 1. The molecule has 198 valence electrons. The van der Waals surface area contributed by atoms with E-state index in [-0.39, 0.29) is 18.8 Å². The third-order valence-corrected chi connectivity index (χ3v) is 7.45. The zero-order valence-corrected chi connectivity index (χ0v) is 21.9. The van der Waals surface area contributed by atoms with Crippen LogP contribution >= 0.6 is 0 Å². The molecule has 0 amide bonds. The van der Waals surface area contributed by atoms with Gasteiger partial charge in [0.15, 0.2) is 0 Å². The van der Waals surface area contributed by atoms with Crippen LogP contribution in [0.25, 0.3) is 21.9 Å². The van der Waals surface area contributed by atoms with Crippen molar-refractivity contribution in [3.63, 3.8) is 0 Å². The summed E-state index contributed by atoms with van der Waals surface area (Å²) in [4.78, 5) is 13.9. The summed E-state index contributed by atoms with van der Waals surface area (Å²) in [5.41, 5.74) is 3.59. The van der Waals surface area contributed by atoms with E-state index in [4.69, 9.17) is 9.47 Å². The number of nitrogens with zero attached hydrogens (tertiary/aromatic N) is 1. The molecule has 1 fully saturated rings. The van der Waals surface area contributed by atoms with Crippen molar-refractivity contribution in [3.05, 3.63) is 59.7 Å². The summed E-state index contributed by atoms with van der Waals surface area (Å²) in [6.07, 6.45) is 0.151. The van der Waals surface area contributed by atoms with E-state index in [1.807, 2.05) is 67.3 Å². The Morgan fingerprint density at radius 3 is 2.27 bits per heavy atom. The first kappa shape index (κ1) is 26.9. The van der Waals surface area contributed by atoms with E-state index in [0.29, 0.717) is 37.6 Å². The van der Waals surface area contributed by atoms with Crippen LogP contribution in [0.1, 0.15) is 37.8 Å². The van der Waals surface area contributed by atoms with E-state index in [9.17, 15) is 18.7 Å². The molecule has 3 aromatic rings. The third-order valence-electron chi connectivity index (χ3n) is 7.45. The maximum absolute atomic E-state index is 13.7. The van der Waals surface area contributed by atoms with E-state index in [1.165, 1.54) is 0 Å². The van der Waals surface area contributed by atoms with Gasteiger partial charge in [-0.3, -0.25) is 9.69 Å². The number of likely N-dealkylation sites (tertiary alicyclic amines) is 1. The van der Waals surface area contributed by atoms with Crippen LogP contribution in [-0.2, 0) is 17.8 Å². The van der Waals surface area contributed by atoms with Crippen molar-refractivity contribution in [2.24, 2.45) is 11.8 Å². The van der Waals surface area contributed by atoms with Crippen molar-refractivity contribution in [2.45, 2.75) is 45.6 Å². The van der Waals surface area contributed by atoms with Crippen LogP contribution in [0.4, 0.5) is 8.78 Å². The van der Waals surface area contributed by atoms with Gasteiger partial charge in [0.05, 0.1) is 25.7 Å². The molecular formula is C30H35F2NO4. The number of hydrogen-bond acceptors (Lipinski definition) is 4. The number of benzene rings is 3. The first-order valence-corrected chi connectivity index (χ1v) is 12.7. The smallest absolute Gasteiger partial charge is 0.307 e. The molecule has 3 aromatic carbocycles. The Morgan fingerprint density at radius 1 is 0.973 bits per heavy atom. The predicted molar refractivity (Wildman–Crippen MR) is 142 cm³/mol. The molecule has 1 heterocycles. The molecule has 7 heteroatoms. The molecule has 1 atom stereocenters. The van der Waals surface area contributed by atoms with Gasteiger partial charge < -0.3 is 14.6 Å². The molecule has 0 bridgehead atoms. The van der Waals surface area contributed by atoms with Crippen LogP contribution in [0.3, 0.4) is 0 Å². The Balaban J connectivity index is 1.79. The monoisotopic (exact) mass is 511 g/mol. The van der Waals surface area contributed by atoms with Gasteiger partial charge in [-0.05, 0) is 40.3 Å². The van der Waals surface area contributed by atoms with E-state index >= 15 is 0 Å². The highest BCUT2D eigenvalue weighted by atomic mass is 19.3. The number of methoxy groups -OCH3 is 2. The lowest BCUT2D eigenvalue weighted by Crippen LogP contribution is -2.38. The maximum Gasteiger partial charge on any atom is 0.307 e. The standard InChI is InChI=1S/C30H35F2NO4/c1-19(2)25(29(34)35)17-20-7-5-9-23-22(20)8-6-10-24(23)27-26(36-3)12-11-21(28(27)37-4)18-33-15-13-30(31,32)14-16-33/h5-12,19,25H,13-18H2,1-4H3,(H,34,35). The number of rotatable bonds is 9. The molecule has 37 heavy (non-hydrogen) atoms. The number of ether oxygens (including phenoxy) is 2. The quantitative estimate of drug-likeness (QED) is 0.348. The van der Waals surface area contributed by atoms with Crippen molar-refractivity contribution in [1.29, 1.82) is 0 Å². The van der Waals surface area contributed by atoms with Gasteiger partial charge >= 0.3 is 5.97 Å². The number of halogens is 2. The van der Waals surface area contributed by atoms with Gasteiger partial charge in [0, 0.05) is 38.0 Å². The van der Waals surface area contributed by atoms with Crippen molar-refractivity contribution in [2.75, 3.05) is 27.3 Å². The summed E-state index contributed by atoms with van der Waals surface area (Å²) < 4.78 is 39.1. The molecule has 0 spiro atoms. The predicted octanol–water partition coefficient (Wildman–Crippen LogP) is 6.65. The molecule has 1 N–H and O–H groups in total. The molecule has 0 aliphatic carbocycles. The molecule has 1 aliphatic rings. The lowest BCUT2D eigenvalue weighted by Gasteiger charge is -2.32. The van der Waals surface area contributed by atoms with Gasteiger partial charge in [-0.1, -0.05) is 56.3 Å². The van der Waals surface area contributed by atoms with E-state index in [2.05, 4.69) is 0 Å². The van der Waals surface area contributed by atoms with E-state index in [1.54, 1.807) is 14.2 Å². The van der Waals surface area contributed by atoms with Crippen LogP contribution in [-0.4, -0.2) is 49.2 Å². The minimum Gasteiger partial charge on any atom is -0.496 e. The Labute approximate surface area is 217 Å². The highest BCUT2D eigenvalue weighted by Crippen LogP contribution is 2.45. The lowest BCUT2D eigenvalue weighted by molar-refractivity contribution is -0.143. The maximum atomic E-state index is 13.7. The van der Waals surface area contributed by atoms with Gasteiger partial charge in [0.25, 0.3) is 5.92 Å². The van der Waals surface area contributed by atoms with Crippen molar-refractivity contribution in [1.82, 2.24) is 4.90 Å². The van der Waals surface area contributed by atoms with Crippen molar-refractivity contribution < 1.29 is 28.2 Å². The van der Waals surface area contributed by atoms with Gasteiger partial charge in [-0.2, -0.15) is 0 Å². The third kappa shape index (κ3) is 5.72. The van der Waals surface area contributed by atoms with Crippen molar-refractivity contribution >= 4 is 16.7 Å². The van der Waals surface area contributed by atoms with E-state index < -0.39 is 17.8 Å². The topological polar surface area (TPSA) is 59.0 Å². The summed E-state index contributed by atoms with van der Waals surface area (Å²) in [5.74, 6) is -2.58. The zero-order valence-electron chi connectivity index (χ0n) is 21.9. The van der Waals surface area contributed by atoms with Crippen LogP contribution in [0.15, 0.2) is 48.5 Å². The zero-order chi connectivity index (χ0) is 26.7. The number of carboxylic acid groups (broad SMARTS) is 1. The van der Waals surface area contributed by atoms with Crippen LogP contribution in [0.5, 0.6) is 11.5 Å². The Hall–Kier alpha value is -3.19. The van der Waals surface area contributed by atoms with Gasteiger partial charge in [0.1, 0.15) is 11.5 Å². The highest BCUT2D eigenvalue weighted by molar-refractivity contribution is 6.01. The van der Waals surface area contributed by atoms with Gasteiger partial charge in [-0.15, -0.1) is 0 Å². The Kier molecular flexibility index (Phi) is 8.02. The molecular weight excluding hydrogens is 476 g/mol. The number of piperidine rings is 1. The molecule has 0 radical (unpaired) electrons. The largest absolute Gasteiger partial charge is 0.496 e. The number of carbonyl (C=O) groups is 1. The fourth-order valence-electron chi connectivity index (χ4n) is 5.29. The second kappa shape index (κ2) is 11.1.